The van der Waals surface area contributed by atoms with Crippen LogP contribution in [0.1, 0.15) is 25.0 Å². The third kappa shape index (κ3) is 6.16. The van der Waals surface area contributed by atoms with Crippen molar-refractivity contribution in [2.45, 2.75) is 19.3 Å². The van der Waals surface area contributed by atoms with Gasteiger partial charge in [-0.05, 0) is 127 Å². The molecule has 9 aromatic carbocycles. The van der Waals surface area contributed by atoms with E-state index in [0.717, 1.165) is 44.8 Å². The molecule has 11 aromatic rings. The summed E-state index contributed by atoms with van der Waals surface area (Å²) >= 11 is 1.85. The van der Waals surface area contributed by atoms with Crippen molar-refractivity contribution in [3.63, 3.8) is 0 Å². The van der Waals surface area contributed by atoms with Crippen molar-refractivity contribution in [2.24, 2.45) is 0 Å². The Kier molecular flexibility index (Phi) is 8.41. The maximum Gasteiger partial charge on any atom is 0.160 e. The van der Waals surface area contributed by atoms with E-state index in [0.29, 0.717) is 5.82 Å². The van der Waals surface area contributed by atoms with E-state index in [1.54, 1.807) is 0 Å². The molecule has 12 rings (SSSR count). The zero-order valence-electron chi connectivity index (χ0n) is 34.4. The van der Waals surface area contributed by atoms with Crippen LogP contribution in [-0.2, 0) is 5.41 Å². The van der Waals surface area contributed by atoms with Gasteiger partial charge >= 0.3 is 0 Å². The van der Waals surface area contributed by atoms with Crippen LogP contribution in [0, 0.1) is 0 Å². The summed E-state index contributed by atoms with van der Waals surface area (Å²) in [6.07, 6.45) is 0. The van der Waals surface area contributed by atoms with Crippen LogP contribution in [0.4, 0.5) is 0 Å². The molecule has 0 fully saturated rings. The van der Waals surface area contributed by atoms with E-state index in [-0.39, 0.29) is 5.41 Å². The molecule has 0 radical (unpaired) electrons. The fourth-order valence-electron chi connectivity index (χ4n) is 9.60. The van der Waals surface area contributed by atoms with E-state index in [1.165, 1.54) is 69.9 Å². The molecule has 0 saturated carbocycles. The van der Waals surface area contributed by atoms with Crippen molar-refractivity contribution < 1.29 is 0 Å². The summed E-state index contributed by atoms with van der Waals surface area (Å²) < 4.78 is 2.60. The minimum atomic E-state index is -0.0337. The van der Waals surface area contributed by atoms with Gasteiger partial charge in [-0.3, -0.25) is 0 Å². The summed E-state index contributed by atoms with van der Waals surface area (Å²) in [7, 11) is 0. The number of aromatic nitrogens is 2. The van der Waals surface area contributed by atoms with Gasteiger partial charge in [-0.25, -0.2) is 9.97 Å². The highest BCUT2D eigenvalue weighted by Crippen LogP contribution is 2.49. The molecule has 292 valence electrons. The standard InChI is InChI=1S/C59H40N2S/c1-59(2)52-21-10-8-19-48(52)50-34-42(25-27-53(50)59)40-17-12-18-44(30-40)54-36-55(61-58(60-54)38-14-4-3-5-15-38)47-32-45(41-24-23-37-13-6-7-16-39(37)29-41)31-46(33-47)43-26-28-57-51(35-43)49-20-9-11-22-56(49)62-57/h3-36H,1-2H3. The molecule has 0 unspecified atom stereocenters. The lowest BCUT2D eigenvalue weighted by Crippen LogP contribution is -2.14. The van der Waals surface area contributed by atoms with E-state index in [1.807, 2.05) is 17.4 Å². The van der Waals surface area contributed by atoms with Gasteiger partial charge in [-0.15, -0.1) is 11.3 Å². The van der Waals surface area contributed by atoms with Gasteiger partial charge in [-0.1, -0.05) is 159 Å². The monoisotopic (exact) mass is 808 g/mol. The number of nitrogens with zero attached hydrogens (tertiary/aromatic N) is 2. The molecule has 1 aliphatic rings. The topological polar surface area (TPSA) is 25.8 Å². The lowest BCUT2D eigenvalue weighted by atomic mass is 9.82. The fraction of sp³-hybridized carbons (Fsp3) is 0.0508. The minimum absolute atomic E-state index is 0.0337. The predicted molar refractivity (Wildman–Crippen MR) is 263 cm³/mol. The highest BCUT2D eigenvalue weighted by molar-refractivity contribution is 7.25. The Morgan fingerprint density at radius 1 is 0.339 bits per heavy atom. The molecule has 62 heavy (non-hydrogen) atoms. The number of fused-ring (bicyclic) bond motifs is 7. The van der Waals surface area contributed by atoms with E-state index in [9.17, 15) is 0 Å². The number of benzene rings is 9. The Morgan fingerprint density at radius 2 is 0.919 bits per heavy atom. The van der Waals surface area contributed by atoms with Crippen molar-refractivity contribution in [1.82, 2.24) is 9.97 Å². The lowest BCUT2D eigenvalue weighted by molar-refractivity contribution is 0.660. The second-order valence-corrected chi connectivity index (χ2v) is 18.1. The van der Waals surface area contributed by atoms with E-state index in [4.69, 9.17) is 9.97 Å². The second kappa shape index (κ2) is 14.3. The van der Waals surface area contributed by atoms with Crippen molar-refractivity contribution in [1.29, 1.82) is 0 Å². The SMILES string of the molecule is CC1(C)c2ccccc2-c2cc(-c3cccc(-c4cc(-c5cc(-c6ccc7ccccc7c6)cc(-c6ccc7sc8ccccc8c7c6)c5)nc(-c5ccccc5)n4)c3)ccc21. The van der Waals surface area contributed by atoms with E-state index < -0.39 is 0 Å². The number of hydrogen-bond donors (Lipinski definition) is 0. The van der Waals surface area contributed by atoms with Crippen LogP contribution in [0.5, 0.6) is 0 Å². The zero-order valence-corrected chi connectivity index (χ0v) is 35.2. The zero-order chi connectivity index (χ0) is 41.4. The van der Waals surface area contributed by atoms with E-state index in [2.05, 4.69) is 214 Å². The number of hydrogen-bond acceptors (Lipinski definition) is 3. The van der Waals surface area contributed by atoms with Crippen LogP contribution in [0.3, 0.4) is 0 Å². The van der Waals surface area contributed by atoms with Gasteiger partial charge in [0.2, 0.25) is 0 Å². The van der Waals surface area contributed by atoms with Crippen molar-refractivity contribution in [3.05, 3.63) is 217 Å². The maximum atomic E-state index is 5.35. The third-order valence-corrected chi connectivity index (χ3v) is 14.0. The molecule has 2 nitrogen and oxygen atoms in total. The van der Waals surface area contributed by atoms with E-state index >= 15 is 0 Å². The molecule has 0 spiro atoms. The summed E-state index contributed by atoms with van der Waals surface area (Å²) in [5.41, 5.74) is 17.2. The van der Waals surface area contributed by atoms with Gasteiger partial charge in [0.25, 0.3) is 0 Å². The Labute approximate surface area is 365 Å². The maximum absolute atomic E-state index is 5.35. The molecule has 0 atom stereocenters. The molecule has 0 N–H and O–H groups in total. The molecule has 0 saturated heterocycles. The van der Waals surface area contributed by atoms with Gasteiger partial charge in [-0.2, -0.15) is 0 Å². The average Bonchev–Trinajstić information content (AvgIpc) is 3.82. The van der Waals surface area contributed by atoms with Crippen LogP contribution in [0.25, 0.3) is 109 Å². The molecule has 0 bridgehead atoms. The second-order valence-electron chi connectivity index (χ2n) is 17.0. The lowest BCUT2D eigenvalue weighted by Gasteiger charge is -2.21. The Bertz CT molecular complexity index is 3560. The molecule has 1 aliphatic carbocycles. The highest BCUT2D eigenvalue weighted by Gasteiger charge is 2.35. The smallest absolute Gasteiger partial charge is 0.160 e. The normalized spacial score (nSPS) is 12.8. The molecule has 3 heteroatoms. The first-order valence-corrected chi connectivity index (χ1v) is 22.1. The first kappa shape index (κ1) is 36.4. The highest BCUT2D eigenvalue weighted by atomic mass is 32.1. The summed E-state index contributed by atoms with van der Waals surface area (Å²) in [5.74, 6) is 0.698. The van der Waals surface area contributed by atoms with Crippen LogP contribution >= 0.6 is 11.3 Å². The van der Waals surface area contributed by atoms with Crippen LogP contribution in [0.15, 0.2) is 206 Å². The number of thiophene rings is 1. The Hall–Kier alpha value is -7.46. The largest absolute Gasteiger partial charge is 0.228 e. The van der Waals surface area contributed by atoms with Crippen LogP contribution in [0.2, 0.25) is 0 Å². The Balaban J connectivity index is 1.03. The molecule has 2 aromatic heterocycles. The van der Waals surface area contributed by atoms with Crippen LogP contribution in [-0.4, -0.2) is 9.97 Å². The summed E-state index contributed by atoms with van der Waals surface area (Å²) in [6, 6.07) is 75.1. The summed E-state index contributed by atoms with van der Waals surface area (Å²) in [5, 5.41) is 5.03. The average molecular weight is 809 g/mol. The van der Waals surface area contributed by atoms with Gasteiger partial charge in [0.15, 0.2) is 5.82 Å². The van der Waals surface area contributed by atoms with Crippen LogP contribution < -0.4 is 0 Å². The van der Waals surface area contributed by atoms with Gasteiger partial charge in [0, 0.05) is 42.3 Å². The van der Waals surface area contributed by atoms with Gasteiger partial charge in [0.1, 0.15) is 0 Å². The summed E-state index contributed by atoms with van der Waals surface area (Å²) in [6.45, 7) is 4.67. The fourth-order valence-corrected chi connectivity index (χ4v) is 10.7. The van der Waals surface area contributed by atoms with Crippen molar-refractivity contribution in [2.75, 3.05) is 0 Å². The molecular weight excluding hydrogens is 769 g/mol. The molecular formula is C59H40N2S. The third-order valence-electron chi connectivity index (χ3n) is 12.9. The minimum Gasteiger partial charge on any atom is -0.228 e. The molecule has 0 amide bonds. The predicted octanol–water partition coefficient (Wildman–Crippen LogP) is 16.3. The molecule has 0 aliphatic heterocycles. The number of rotatable bonds is 6. The van der Waals surface area contributed by atoms with Crippen molar-refractivity contribution in [3.8, 4) is 78.4 Å². The Morgan fingerprint density at radius 3 is 1.79 bits per heavy atom. The first-order valence-electron chi connectivity index (χ1n) is 21.3. The molecule has 2 heterocycles. The van der Waals surface area contributed by atoms with Crippen molar-refractivity contribution >= 4 is 42.3 Å². The van der Waals surface area contributed by atoms with Gasteiger partial charge < -0.3 is 0 Å². The summed E-state index contributed by atoms with van der Waals surface area (Å²) in [4.78, 5) is 10.6. The quantitative estimate of drug-likeness (QED) is 0.167. The first-order chi connectivity index (χ1) is 30.4. The van der Waals surface area contributed by atoms with Gasteiger partial charge in [0.05, 0.1) is 11.4 Å².